The second-order valence-corrected chi connectivity index (χ2v) is 9.31. The molecule has 6 nitrogen and oxygen atoms in total. The molecule has 0 saturated carbocycles. The van der Waals surface area contributed by atoms with Crippen molar-refractivity contribution in [3.63, 3.8) is 0 Å². The average molecular weight is 442 g/mol. The minimum Gasteiger partial charge on any atom is -0.508 e. The third-order valence-electron chi connectivity index (χ3n) is 5.74. The number of phenolic OH excluding ortho intramolecular Hbond substituents is 2. The van der Waals surface area contributed by atoms with E-state index in [2.05, 4.69) is 5.32 Å². The Morgan fingerprint density at radius 1 is 0.812 bits per heavy atom. The van der Waals surface area contributed by atoms with Gasteiger partial charge in [-0.1, -0.05) is 52.0 Å². The number of aromatic hydroxyl groups is 2. The van der Waals surface area contributed by atoms with Gasteiger partial charge in [-0.25, -0.2) is 0 Å². The fourth-order valence-electron chi connectivity index (χ4n) is 3.47. The van der Waals surface area contributed by atoms with Gasteiger partial charge in [-0.2, -0.15) is 0 Å². The molecule has 2 aromatic rings. The van der Waals surface area contributed by atoms with Crippen molar-refractivity contribution in [1.29, 1.82) is 0 Å². The molecule has 2 rings (SSSR count). The highest BCUT2D eigenvalue weighted by molar-refractivity contribution is 5.83. The van der Waals surface area contributed by atoms with Crippen molar-refractivity contribution in [1.82, 2.24) is 5.32 Å². The topological polar surface area (TPSA) is 95.9 Å². The van der Waals surface area contributed by atoms with Gasteiger partial charge >= 0.3 is 0 Å². The number of ketones is 1. The van der Waals surface area contributed by atoms with Gasteiger partial charge in [0.05, 0.1) is 13.2 Å². The summed E-state index contributed by atoms with van der Waals surface area (Å²) in [5.74, 6) is 0.444. The molecule has 0 heterocycles. The van der Waals surface area contributed by atoms with Crippen LogP contribution in [0, 0.1) is 5.41 Å². The van der Waals surface area contributed by atoms with Gasteiger partial charge < -0.3 is 20.3 Å². The van der Waals surface area contributed by atoms with Crippen LogP contribution in [0.2, 0.25) is 0 Å². The van der Waals surface area contributed by atoms with Crippen molar-refractivity contribution in [2.45, 2.75) is 52.4 Å². The van der Waals surface area contributed by atoms with Crippen molar-refractivity contribution < 1.29 is 24.5 Å². The summed E-state index contributed by atoms with van der Waals surface area (Å²) in [6.45, 7) is 8.81. The molecule has 0 radical (unpaired) electrons. The van der Waals surface area contributed by atoms with Crippen LogP contribution in [-0.4, -0.2) is 41.7 Å². The molecule has 0 spiro atoms. The van der Waals surface area contributed by atoms with Gasteiger partial charge in [-0.05, 0) is 41.8 Å². The third-order valence-corrected chi connectivity index (χ3v) is 5.74. The van der Waals surface area contributed by atoms with E-state index in [4.69, 9.17) is 4.74 Å². The zero-order chi connectivity index (χ0) is 23.8. The maximum Gasteiger partial charge on any atom is 0.220 e. The van der Waals surface area contributed by atoms with Crippen LogP contribution < -0.4 is 5.32 Å². The molecule has 2 aromatic carbocycles. The first-order chi connectivity index (χ1) is 15.0. The monoisotopic (exact) mass is 441 g/mol. The summed E-state index contributed by atoms with van der Waals surface area (Å²) in [6, 6.07) is 14.0. The van der Waals surface area contributed by atoms with Gasteiger partial charge in [0.15, 0.2) is 0 Å². The number of benzene rings is 2. The van der Waals surface area contributed by atoms with Crippen LogP contribution in [0.25, 0.3) is 0 Å². The number of carbonyl (C=O) groups excluding carboxylic acids is 2. The van der Waals surface area contributed by atoms with Crippen LogP contribution in [-0.2, 0) is 19.7 Å². The minimum atomic E-state index is -0.470. The van der Waals surface area contributed by atoms with E-state index in [9.17, 15) is 19.8 Å². The number of phenols is 2. The SMILES string of the molecule is CC(C)(C)C(=O)CCOCCNC(=O)CCC(C)(c1ccc(O)cc1)c1ccc(O)cc1. The third kappa shape index (κ3) is 7.38. The molecule has 3 N–H and O–H groups in total. The smallest absolute Gasteiger partial charge is 0.220 e. The summed E-state index contributed by atoms with van der Waals surface area (Å²) in [7, 11) is 0. The molecule has 0 atom stereocenters. The Labute approximate surface area is 190 Å². The molecule has 0 aliphatic carbocycles. The minimum absolute atomic E-state index is 0.0804. The quantitative estimate of drug-likeness (QED) is 0.451. The summed E-state index contributed by atoms with van der Waals surface area (Å²) in [4.78, 5) is 24.3. The molecule has 32 heavy (non-hydrogen) atoms. The van der Waals surface area contributed by atoms with E-state index >= 15 is 0 Å². The molecule has 0 aromatic heterocycles. The van der Waals surface area contributed by atoms with Crippen molar-refractivity contribution in [3.05, 3.63) is 59.7 Å². The summed E-state index contributed by atoms with van der Waals surface area (Å²) in [5.41, 5.74) is 1.11. The fourth-order valence-corrected chi connectivity index (χ4v) is 3.47. The first-order valence-corrected chi connectivity index (χ1v) is 11.0. The van der Waals surface area contributed by atoms with Gasteiger partial charge in [-0.15, -0.1) is 0 Å². The van der Waals surface area contributed by atoms with Crippen LogP contribution in [0.1, 0.15) is 58.1 Å². The number of rotatable bonds is 11. The Morgan fingerprint density at radius 2 is 1.31 bits per heavy atom. The Hall–Kier alpha value is -2.86. The van der Waals surface area contributed by atoms with E-state index in [1.54, 1.807) is 24.3 Å². The van der Waals surface area contributed by atoms with Crippen molar-refractivity contribution in [3.8, 4) is 11.5 Å². The van der Waals surface area contributed by atoms with E-state index in [-0.39, 0.29) is 28.6 Å². The van der Waals surface area contributed by atoms with E-state index in [0.29, 0.717) is 39.0 Å². The van der Waals surface area contributed by atoms with Crippen LogP contribution in [0.4, 0.5) is 0 Å². The molecule has 1 amide bonds. The second-order valence-electron chi connectivity index (χ2n) is 9.31. The molecule has 0 saturated heterocycles. The highest BCUT2D eigenvalue weighted by Crippen LogP contribution is 2.37. The van der Waals surface area contributed by atoms with E-state index in [1.165, 1.54) is 0 Å². The lowest BCUT2D eigenvalue weighted by Crippen LogP contribution is -2.31. The lowest BCUT2D eigenvalue weighted by atomic mass is 9.73. The van der Waals surface area contributed by atoms with Crippen molar-refractivity contribution >= 4 is 11.7 Å². The molecule has 0 unspecified atom stereocenters. The van der Waals surface area contributed by atoms with Gasteiger partial charge in [0, 0.05) is 30.2 Å². The maximum absolute atomic E-state index is 12.4. The first-order valence-electron chi connectivity index (χ1n) is 11.0. The Bertz CT molecular complexity index is 836. The summed E-state index contributed by atoms with van der Waals surface area (Å²) < 4.78 is 5.47. The molecule has 6 heteroatoms. The molecular weight excluding hydrogens is 406 g/mol. The Morgan fingerprint density at radius 3 is 1.78 bits per heavy atom. The number of ether oxygens (including phenoxy) is 1. The zero-order valence-electron chi connectivity index (χ0n) is 19.5. The molecule has 0 bridgehead atoms. The molecule has 0 aliphatic rings. The van der Waals surface area contributed by atoms with E-state index in [1.807, 2.05) is 52.0 Å². The number of hydrogen-bond acceptors (Lipinski definition) is 5. The number of carbonyl (C=O) groups is 2. The molecule has 0 aliphatic heterocycles. The summed E-state index contributed by atoms with van der Waals surface area (Å²) >= 11 is 0. The van der Waals surface area contributed by atoms with Gasteiger partial charge in [0.1, 0.15) is 17.3 Å². The fraction of sp³-hybridized carbons (Fsp3) is 0.462. The number of Topliss-reactive ketones (excluding diaryl/α,β-unsaturated/α-hetero) is 1. The van der Waals surface area contributed by atoms with E-state index < -0.39 is 5.41 Å². The van der Waals surface area contributed by atoms with Crippen LogP contribution in [0.3, 0.4) is 0 Å². The normalized spacial score (nSPS) is 11.9. The van der Waals surface area contributed by atoms with E-state index in [0.717, 1.165) is 11.1 Å². The van der Waals surface area contributed by atoms with Gasteiger partial charge in [-0.3, -0.25) is 9.59 Å². The Kier molecular flexibility index (Phi) is 8.84. The highest BCUT2D eigenvalue weighted by atomic mass is 16.5. The summed E-state index contributed by atoms with van der Waals surface area (Å²) in [6.07, 6.45) is 1.23. The zero-order valence-corrected chi connectivity index (χ0v) is 19.5. The average Bonchev–Trinajstić information content (AvgIpc) is 2.74. The first kappa shape index (κ1) is 25.4. The second kappa shape index (κ2) is 11.1. The molecule has 0 fully saturated rings. The standard InChI is InChI=1S/C26H35NO5/c1-25(2,3)23(30)14-17-32-18-16-27-24(31)13-15-26(4,19-5-9-21(28)10-6-19)20-7-11-22(29)12-8-20/h5-12,28-29H,13-18H2,1-4H3,(H,27,31). The van der Waals surface area contributed by atoms with Gasteiger partial charge in [0.25, 0.3) is 0 Å². The predicted molar refractivity (Wildman–Crippen MR) is 125 cm³/mol. The number of hydrogen-bond donors (Lipinski definition) is 3. The number of nitrogens with one attached hydrogen (secondary N) is 1. The summed E-state index contributed by atoms with van der Waals surface area (Å²) in [5, 5.41) is 22.2. The Balaban J connectivity index is 1.88. The maximum atomic E-state index is 12.4. The predicted octanol–water partition coefficient (Wildman–Crippen LogP) is 4.32. The largest absolute Gasteiger partial charge is 0.508 e. The van der Waals surface area contributed by atoms with Crippen LogP contribution in [0.15, 0.2) is 48.5 Å². The lowest BCUT2D eigenvalue weighted by Gasteiger charge is -2.31. The van der Waals surface area contributed by atoms with Crippen LogP contribution >= 0.6 is 0 Å². The van der Waals surface area contributed by atoms with Crippen molar-refractivity contribution in [2.75, 3.05) is 19.8 Å². The highest BCUT2D eigenvalue weighted by Gasteiger charge is 2.29. The lowest BCUT2D eigenvalue weighted by molar-refractivity contribution is -0.127. The van der Waals surface area contributed by atoms with Crippen LogP contribution in [0.5, 0.6) is 11.5 Å². The molecule has 174 valence electrons. The van der Waals surface area contributed by atoms with Crippen molar-refractivity contribution in [2.24, 2.45) is 5.41 Å². The van der Waals surface area contributed by atoms with Gasteiger partial charge in [0.2, 0.25) is 5.91 Å². The molecular formula is C26H35NO5. The number of amides is 1.